The molecular formula is C23H33N3O6. The van der Waals surface area contributed by atoms with E-state index in [1.807, 2.05) is 30.3 Å². The van der Waals surface area contributed by atoms with Crippen LogP contribution in [0.25, 0.3) is 0 Å². The summed E-state index contributed by atoms with van der Waals surface area (Å²) < 4.78 is 0. The molecule has 0 saturated carbocycles. The molecule has 2 rings (SSSR count). The molecule has 1 fully saturated rings. The van der Waals surface area contributed by atoms with Gasteiger partial charge in [-0.15, -0.1) is 0 Å². The van der Waals surface area contributed by atoms with Gasteiger partial charge in [-0.3, -0.25) is 19.7 Å². The zero-order chi connectivity index (χ0) is 23.5. The molecule has 0 aliphatic carbocycles. The summed E-state index contributed by atoms with van der Waals surface area (Å²) >= 11 is 0. The Balaban J connectivity index is 2.06. The van der Waals surface area contributed by atoms with Crippen LogP contribution in [0.4, 0.5) is 0 Å². The number of rotatable bonds is 13. The summed E-state index contributed by atoms with van der Waals surface area (Å²) in [6.45, 7) is 2.24. The number of carboxylic acids is 2. The first-order valence-corrected chi connectivity index (χ1v) is 11.1. The number of hydrogen-bond acceptors (Lipinski definition) is 5. The first kappa shape index (κ1) is 25.3. The van der Waals surface area contributed by atoms with Crippen molar-refractivity contribution in [2.75, 3.05) is 13.1 Å². The largest absolute Gasteiger partial charge is 0.480 e. The fourth-order valence-electron chi connectivity index (χ4n) is 3.98. The van der Waals surface area contributed by atoms with Crippen LogP contribution in [0, 0.1) is 0 Å². The lowest BCUT2D eigenvalue weighted by Gasteiger charge is -2.29. The second-order valence-corrected chi connectivity index (χ2v) is 8.14. The van der Waals surface area contributed by atoms with E-state index in [0.717, 1.165) is 5.56 Å². The third-order valence-corrected chi connectivity index (χ3v) is 5.68. The van der Waals surface area contributed by atoms with Crippen molar-refractivity contribution in [2.24, 2.45) is 0 Å². The van der Waals surface area contributed by atoms with Gasteiger partial charge in [0.2, 0.25) is 11.8 Å². The van der Waals surface area contributed by atoms with E-state index in [-0.39, 0.29) is 11.8 Å². The molecule has 32 heavy (non-hydrogen) atoms. The van der Waals surface area contributed by atoms with Gasteiger partial charge in [-0.1, -0.05) is 30.3 Å². The SMILES string of the molecule is CC(=O)NCCCCC(NC(CCc1ccccc1)C(=O)O)C(=O)N1CCCC1C(=O)O. The van der Waals surface area contributed by atoms with Gasteiger partial charge in [-0.05, 0) is 50.5 Å². The van der Waals surface area contributed by atoms with Crippen molar-refractivity contribution in [3.8, 4) is 0 Å². The highest BCUT2D eigenvalue weighted by molar-refractivity contribution is 5.88. The second-order valence-electron chi connectivity index (χ2n) is 8.14. The monoisotopic (exact) mass is 447 g/mol. The van der Waals surface area contributed by atoms with Crippen LogP contribution in [0.15, 0.2) is 30.3 Å². The predicted molar refractivity (Wildman–Crippen MR) is 118 cm³/mol. The van der Waals surface area contributed by atoms with Crippen molar-refractivity contribution >= 4 is 23.8 Å². The van der Waals surface area contributed by atoms with Gasteiger partial charge in [0.25, 0.3) is 0 Å². The minimum absolute atomic E-state index is 0.135. The van der Waals surface area contributed by atoms with Gasteiger partial charge < -0.3 is 20.4 Å². The second kappa shape index (κ2) is 12.8. The Labute approximate surface area is 188 Å². The molecule has 1 saturated heterocycles. The van der Waals surface area contributed by atoms with Crippen LogP contribution in [0.2, 0.25) is 0 Å². The van der Waals surface area contributed by atoms with Crippen LogP contribution in [0.5, 0.6) is 0 Å². The van der Waals surface area contributed by atoms with Crippen LogP contribution in [0.3, 0.4) is 0 Å². The summed E-state index contributed by atoms with van der Waals surface area (Å²) in [4.78, 5) is 49.0. The maximum absolute atomic E-state index is 13.2. The smallest absolute Gasteiger partial charge is 0.326 e. The Hall–Kier alpha value is -2.94. The maximum Gasteiger partial charge on any atom is 0.326 e. The fraction of sp³-hybridized carbons (Fsp3) is 0.565. The third-order valence-electron chi connectivity index (χ3n) is 5.68. The van der Waals surface area contributed by atoms with Gasteiger partial charge in [-0.2, -0.15) is 0 Å². The summed E-state index contributed by atoms with van der Waals surface area (Å²) in [5, 5.41) is 24.9. The van der Waals surface area contributed by atoms with Crippen molar-refractivity contribution < 1.29 is 29.4 Å². The van der Waals surface area contributed by atoms with Crippen LogP contribution in [0.1, 0.15) is 51.0 Å². The molecule has 1 aromatic carbocycles. The lowest BCUT2D eigenvalue weighted by atomic mass is 10.0. The van der Waals surface area contributed by atoms with E-state index in [0.29, 0.717) is 58.0 Å². The Bertz CT molecular complexity index is 785. The molecule has 1 aliphatic rings. The van der Waals surface area contributed by atoms with Crippen LogP contribution < -0.4 is 10.6 Å². The molecule has 4 N–H and O–H groups in total. The summed E-state index contributed by atoms with van der Waals surface area (Å²) in [6.07, 6.45) is 3.42. The highest BCUT2D eigenvalue weighted by Gasteiger charge is 2.38. The normalized spacial score (nSPS) is 17.5. The number of nitrogens with one attached hydrogen (secondary N) is 2. The molecule has 3 atom stereocenters. The number of aryl methyl sites for hydroxylation is 1. The first-order chi connectivity index (χ1) is 15.3. The number of amides is 2. The first-order valence-electron chi connectivity index (χ1n) is 11.1. The van der Waals surface area contributed by atoms with Gasteiger partial charge in [-0.25, -0.2) is 4.79 Å². The third kappa shape index (κ3) is 7.96. The molecule has 0 radical (unpaired) electrons. The molecule has 0 bridgehead atoms. The Morgan fingerprint density at radius 2 is 1.78 bits per heavy atom. The van der Waals surface area contributed by atoms with Crippen LogP contribution in [-0.2, 0) is 25.6 Å². The Morgan fingerprint density at radius 3 is 2.41 bits per heavy atom. The fourth-order valence-corrected chi connectivity index (χ4v) is 3.98. The number of carbonyl (C=O) groups excluding carboxylic acids is 2. The maximum atomic E-state index is 13.2. The topological polar surface area (TPSA) is 136 Å². The molecule has 3 unspecified atom stereocenters. The van der Waals surface area contributed by atoms with Gasteiger partial charge >= 0.3 is 11.9 Å². The number of hydrogen-bond donors (Lipinski definition) is 4. The van der Waals surface area contributed by atoms with E-state index in [1.165, 1.54) is 11.8 Å². The Morgan fingerprint density at radius 1 is 1.06 bits per heavy atom. The minimum Gasteiger partial charge on any atom is -0.480 e. The zero-order valence-electron chi connectivity index (χ0n) is 18.5. The van der Waals surface area contributed by atoms with Crippen molar-refractivity contribution in [3.05, 3.63) is 35.9 Å². The van der Waals surface area contributed by atoms with Gasteiger partial charge in [0, 0.05) is 20.0 Å². The van der Waals surface area contributed by atoms with E-state index < -0.39 is 30.1 Å². The zero-order valence-corrected chi connectivity index (χ0v) is 18.5. The van der Waals surface area contributed by atoms with Crippen molar-refractivity contribution in [1.29, 1.82) is 0 Å². The summed E-state index contributed by atoms with van der Waals surface area (Å²) in [7, 11) is 0. The number of benzene rings is 1. The van der Waals surface area contributed by atoms with E-state index in [1.54, 1.807) is 0 Å². The molecule has 0 aromatic heterocycles. The number of likely N-dealkylation sites (tertiary alicyclic amines) is 1. The number of nitrogens with zero attached hydrogens (tertiary/aromatic N) is 1. The number of carbonyl (C=O) groups is 4. The molecule has 1 aliphatic heterocycles. The molecule has 9 heteroatoms. The van der Waals surface area contributed by atoms with E-state index in [9.17, 15) is 29.4 Å². The summed E-state index contributed by atoms with van der Waals surface area (Å²) in [5.41, 5.74) is 1.00. The van der Waals surface area contributed by atoms with Gasteiger partial charge in [0.1, 0.15) is 12.1 Å². The van der Waals surface area contributed by atoms with Crippen molar-refractivity contribution in [2.45, 2.75) is 70.0 Å². The highest BCUT2D eigenvalue weighted by Crippen LogP contribution is 2.20. The molecule has 0 spiro atoms. The molecule has 1 heterocycles. The number of unbranched alkanes of at least 4 members (excludes halogenated alkanes) is 1. The van der Waals surface area contributed by atoms with Gasteiger partial charge in [0.15, 0.2) is 0 Å². The van der Waals surface area contributed by atoms with Crippen molar-refractivity contribution in [3.63, 3.8) is 0 Å². The average molecular weight is 448 g/mol. The van der Waals surface area contributed by atoms with Gasteiger partial charge in [0.05, 0.1) is 6.04 Å². The quantitative estimate of drug-likeness (QED) is 0.336. The Kier molecular flexibility index (Phi) is 10.1. The molecule has 176 valence electrons. The predicted octanol–water partition coefficient (Wildman–Crippen LogP) is 1.41. The molecule has 2 amide bonds. The molecular weight excluding hydrogens is 414 g/mol. The lowest BCUT2D eigenvalue weighted by Crippen LogP contribution is -2.54. The standard InChI is InChI=1S/C23H33N3O6/c1-16(27)24-14-6-5-10-18(21(28)26-15-7-11-20(26)23(31)32)25-19(22(29)30)13-12-17-8-3-2-4-9-17/h2-4,8-9,18-20,25H,5-7,10-15H2,1H3,(H,24,27)(H,29,30)(H,31,32). The molecule has 1 aromatic rings. The van der Waals surface area contributed by atoms with E-state index >= 15 is 0 Å². The summed E-state index contributed by atoms with van der Waals surface area (Å²) in [5.74, 6) is -2.60. The lowest BCUT2D eigenvalue weighted by molar-refractivity contribution is -0.149. The molecule has 9 nitrogen and oxygen atoms in total. The van der Waals surface area contributed by atoms with E-state index in [4.69, 9.17) is 0 Å². The average Bonchev–Trinajstić information content (AvgIpc) is 3.25. The minimum atomic E-state index is -1.05. The van der Waals surface area contributed by atoms with Crippen LogP contribution in [-0.4, -0.2) is 70.1 Å². The number of carboxylic acid groups (broad SMARTS) is 2. The van der Waals surface area contributed by atoms with Crippen molar-refractivity contribution in [1.82, 2.24) is 15.5 Å². The number of aliphatic carboxylic acids is 2. The van der Waals surface area contributed by atoms with Crippen LogP contribution >= 0.6 is 0 Å². The van der Waals surface area contributed by atoms with E-state index in [2.05, 4.69) is 10.6 Å². The summed E-state index contributed by atoms with van der Waals surface area (Å²) in [6, 6.07) is 6.89. The highest BCUT2D eigenvalue weighted by atomic mass is 16.4.